The number of nitrogens with zero attached hydrogens (tertiary/aromatic N) is 1. The average molecular weight is 146 g/mol. The zero-order valence-electron chi connectivity index (χ0n) is 6.25. The minimum absolute atomic E-state index is 0.613. The van der Waals surface area contributed by atoms with Crippen LogP contribution in [-0.2, 0) is 6.54 Å². The molecule has 0 spiro atoms. The number of rotatable bonds is 3. The van der Waals surface area contributed by atoms with E-state index in [1.54, 1.807) is 12.4 Å². The van der Waals surface area contributed by atoms with Gasteiger partial charge in [0.1, 0.15) is 0 Å². The van der Waals surface area contributed by atoms with Crippen LogP contribution < -0.4 is 5.32 Å². The molecule has 1 aromatic rings. The van der Waals surface area contributed by atoms with Crippen molar-refractivity contribution in [2.75, 3.05) is 6.54 Å². The number of hydrogen-bond acceptors (Lipinski definition) is 2. The van der Waals surface area contributed by atoms with Gasteiger partial charge >= 0.3 is 0 Å². The highest BCUT2D eigenvalue weighted by molar-refractivity contribution is 5.09. The summed E-state index contributed by atoms with van der Waals surface area (Å²) in [6.07, 6.45) is 8.61. The lowest BCUT2D eigenvalue weighted by Crippen LogP contribution is -2.12. The van der Waals surface area contributed by atoms with E-state index >= 15 is 0 Å². The lowest BCUT2D eigenvalue weighted by Gasteiger charge is -1.98. The van der Waals surface area contributed by atoms with Crippen LogP contribution in [0.2, 0.25) is 0 Å². The molecule has 0 radical (unpaired) electrons. The van der Waals surface area contributed by atoms with Gasteiger partial charge in [0.15, 0.2) is 0 Å². The van der Waals surface area contributed by atoms with Crippen LogP contribution in [0.5, 0.6) is 0 Å². The SMILES string of the molecule is C#CCNCc1ccncc1. The zero-order chi connectivity index (χ0) is 7.94. The summed E-state index contributed by atoms with van der Waals surface area (Å²) >= 11 is 0. The van der Waals surface area contributed by atoms with Crippen molar-refractivity contribution < 1.29 is 0 Å². The highest BCUT2D eigenvalue weighted by atomic mass is 14.8. The fraction of sp³-hybridized carbons (Fsp3) is 0.222. The van der Waals surface area contributed by atoms with E-state index in [9.17, 15) is 0 Å². The summed E-state index contributed by atoms with van der Waals surface area (Å²) in [5, 5.41) is 3.09. The fourth-order valence-electron chi connectivity index (χ4n) is 0.780. The van der Waals surface area contributed by atoms with E-state index < -0.39 is 0 Å². The summed E-state index contributed by atoms with van der Waals surface area (Å²) in [6, 6.07) is 3.92. The zero-order valence-corrected chi connectivity index (χ0v) is 6.25. The Balaban J connectivity index is 2.35. The fourth-order valence-corrected chi connectivity index (χ4v) is 0.780. The molecule has 1 aromatic heterocycles. The van der Waals surface area contributed by atoms with E-state index in [4.69, 9.17) is 6.42 Å². The third kappa shape index (κ3) is 2.83. The first-order chi connectivity index (χ1) is 5.43. The second-order valence-electron chi connectivity index (χ2n) is 2.16. The van der Waals surface area contributed by atoms with Crippen molar-refractivity contribution in [2.24, 2.45) is 0 Å². The predicted molar refractivity (Wildman–Crippen MR) is 44.8 cm³/mol. The van der Waals surface area contributed by atoms with E-state index in [1.807, 2.05) is 12.1 Å². The second kappa shape index (κ2) is 4.48. The Morgan fingerprint density at radius 1 is 1.45 bits per heavy atom. The van der Waals surface area contributed by atoms with Crippen LogP contribution in [-0.4, -0.2) is 11.5 Å². The van der Waals surface area contributed by atoms with Crippen molar-refractivity contribution >= 4 is 0 Å². The lowest BCUT2D eigenvalue weighted by molar-refractivity contribution is 0.769. The van der Waals surface area contributed by atoms with Gasteiger partial charge in [0, 0.05) is 18.9 Å². The highest BCUT2D eigenvalue weighted by Crippen LogP contribution is 1.93. The molecule has 0 aliphatic rings. The number of terminal acetylenes is 1. The van der Waals surface area contributed by atoms with Gasteiger partial charge in [-0.25, -0.2) is 0 Å². The molecule has 1 heterocycles. The normalized spacial score (nSPS) is 9.00. The van der Waals surface area contributed by atoms with Crippen LogP contribution >= 0.6 is 0 Å². The Kier molecular flexibility index (Phi) is 3.17. The first-order valence-corrected chi connectivity index (χ1v) is 3.46. The minimum Gasteiger partial charge on any atom is -0.302 e. The summed E-state index contributed by atoms with van der Waals surface area (Å²) in [7, 11) is 0. The van der Waals surface area contributed by atoms with Gasteiger partial charge in [-0.1, -0.05) is 5.92 Å². The Labute approximate surface area is 66.7 Å². The van der Waals surface area contributed by atoms with Gasteiger partial charge in [0.25, 0.3) is 0 Å². The van der Waals surface area contributed by atoms with Gasteiger partial charge in [0.2, 0.25) is 0 Å². The van der Waals surface area contributed by atoms with Crippen LogP contribution in [0.3, 0.4) is 0 Å². The number of pyridine rings is 1. The third-order valence-electron chi connectivity index (χ3n) is 1.31. The number of hydrogen-bond donors (Lipinski definition) is 1. The summed E-state index contributed by atoms with van der Waals surface area (Å²) in [4.78, 5) is 3.91. The largest absolute Gasteiger partial charge is 0.302 e. The molecule has 2 heteroatoms. The Bertz CT molecular complexity index is 235. The Morgan fingerprint density at radius 3 is 2.82 bits per heavy atom. The Morgan fingerprint density at radius 2 is 2.18 bits per heavy atom. The molecular weight excluding hydrogens is 136 g/mol. The average Bonchev–Trinajstić information content (AvgIpc) is 2.07. The molecular formula is C9H10N2. The van der Waals surface area contributed by atoms with E-state index in [1.165, 1.54) is 5.56 Å². The summed E-state index contributed by atoms with van der Waals surface area (Å²) < 4.78 is 0. The molecule has 0 unspecified atom stereocenters. The minimum atomic E-state index is 0.613. The van der Waals surface area contributed by atoms with Crippen molar-refractivity contribution in [1.29, 1.82) is 0 Å². The first-order valence-electron chi connectivity index (χ1n) is 3.46. The van der Waals surface area contributed by atoms with Crippen LogP contribution in [0.25, 0.3) is 0 Å². The second-order valence-corrected chi connectivity index (χ2v) is 2.16. The van der Waals surface area contributed by atoms with Crippen LogP contribution in [0.1, 0.15) is 5.56 Å². The number of nitrogens with one attached hydrogen (secondary N) is 1. The molecule has 56 valence electrons. The van der Waals surface area contributed by atoms with Gasteiger partial charge in [-0.2, -0.15) is 0 Å². The molecule has 0 saturated carbocycles. The molecule has 0 aliphatic carbocycles. The van der Waals surface area contributed by atoms with Gasteiger partial charge in [-0.05, 0) is 17.7 Å². The van der Waals surface area contributed by atoms with Crippen molar-refractivity contribution in [3.05, 3.63) is 30.1 Å². The molecule has 0 aromatic carbocycles. The van der Waals surface area contributed by atoms with Gasteiger partial charge < -0.3 is 5.32 Å². The standard InChI is InChI=1S/C9H10N2/c1-2-5-11-8-9-3-6-10-7-4-9/h1,3-4,6-7,11H,5,8H2. The van der Waals surface area contributed by atoms with Crippen molar-refractivity contribution in [2.45, 2.75) is 6.54 Å². The summed E-state index contributed by atoms with van der Waals surface area (Å²) in [5.41, 5.74) is 1.20. The molecule has 0 amide bonds. The molecule has 1 rings (SSSR count). The summed E-state index contributed by atoms with van der Waals surface area (Å²) in [6.45, 7) is 1.43. The molecule has 11 heavy (non-hydrogen) atoms. The van der Waals surface area contributed by atoms with E-state index in [-0.39, 0.29) is 0 Å². The lowest BCUT2D eigenvalue weighted by atomic mass is 10.3. The molecule has 0 saturated heterocycles. The van der Waals surface area contributed by atoms with E-state index in [2.05, 4.69) is 16.2 Å². The molecule has 0 bridgehead atoms. The van der Waals surface area contributed by atoms with Gasteiger partial charge in [-0.3, -0.25) is 4.98 Å². The molecule has 0 aliphatic heterocycles. The third-order valence-corrected chi connectivity index (χ3v) is 1.31. The van der Waals surface area contributed by atoms with Gasteiger partial charge in [0.05, 0.1) is 6.54 Å². The predicted octanol–water partition coefficient (Wildman–Crippen LogP) is 0.804. The monoisotopic (exact) mass is 146 g/mol. The highest BCUT2D eigenvalue weighted by Gasteiger charge is 1.87. The smallest absolute Gasteiger partial charge is 0.0576 e. The molecule has 2 nitrogen and oxygen atoms in total. The topological polar surface area (TPSA) is 24.9 Å². The quantitative estimate of drug-likeness (QED) is 0.504. The molecule has 1 N–H and O–H groups in total. The Hall–Kier alpha value is -1.33. The number of aromatic nitrogens is 1. The maximum atomic E-state index is 5.07. The molecule has 0 fully saturated rings. The molecule has 0 atom stereocenters. The van der Waals surface area contributed by atoms with Crippen molar-refractivity contribution in [1.82, 2.24) is 10.3 Å². The van der Waals surface area contributed by atoms with Crippen molar-refractivity contribution in [3.63, 3.8) is 0 Å². The first kappa shape index (κ1) is 7.77. The van der Waals surface area contributed by atoms with Crippen LogP contribution in [0.4, 0.5) is 0 Å². The van der Waals surface area contributed by atoms with Gasteiger partial charge in [-0.15, -0.1) is 6.42 Å². The van der Waals surface area contributed by atoms with E-state index in [0.29, 0.717) is 6.54 Å². The van der Waals surface area contributed by atoms with E-state index in [0.717, 1.165) is 6.54 Å². The summed E-state index contributed by atoms with van der Waals surface area (Å²) in [5.74, 6) is 2.51. The van der Waals surface area contributed by atoms with Crippen LogP contribution in [0, 0.1) is 12.3 Å². The van der Waals surface area contributed by atoms with Crippen molar-refractivity contribution in [3.8, 4) is 12.3 Å². The van der Waals surface area contributed by atoms with Crippen LogP contribution in [0.15, 0.2) is 24.5 Å². The maximum absolute atomic E-state index is 5.07. The maximum Gasteiger partial charge on any atom is 0.0576 e.